The second kappa shape index (κ2) is 5.43. The van der Waals surface area contributed by atoms with Crippen molar-refractivity contribution >= 4 is 15.9 Å². The molecule has 3 heteroatoms. The van der Waals surface area contributed by atoms with Crippen LogP contribution in [0.1, 0.15) is 17.2 Å². The molecule has 1 nitrogen and oxygen atoms in total. The van der Waals surface area contributed by atoms with Gasteiger partial charge in [-0.1, -0.05) is 46.3 Å². The molecule has 0 aliphatic carbocycles. The van der Waals surface area contributed by atoms with E-state index < -0.39 is 0 Å². The van der Waals surface area contributed by atoms with Crippen molar-refractivity contribution in [3.05, 3.63) is 69.9 Å². The SMILES string of the molecule is NC(Cc1ccccc1F)c1cccc(Br)c1. The van der Waals surface area contributed by atoms with Gasteiger partial charge in [-0.05, 0) is 35.7 Å². The summed E-state index contributed by atoms with van der Waals surface area (Å²) in [5.74, 6) is -0.196. The lowest BCUT2D eigenvalue weighted by Crippen LogP contribution is -2.14. The van der Waals surface area contributed by atoms with Gasteiger partial charge in [0.05, 0.1) is 0 Å². The molecule has 0 heterocycles. The van der Waals surface area contributed by atoms with E-state index in [0.29, 0.717) is 12.0 Å². The fourth-order valence-corrected chi connectivity index (χ4v) is 2.17. The first-order chi connectivity index (χ1) is 8.16. The van der Waals surface area contributed by atoms with Gasteiger partial charge in [-0.25, -0.2) is 4.39 Å². The summed E-state index contributed by atoms with van der Waals surface area (Å²) in [6.45, 7) is 0. The third kappa shape index (κ3) is 3.14. The summed E-state index contributed by atoms with van der Waals surface area (Å²) in [6.07, 6.45) is 0.503. The van der Waals surface area contributed by atoms with Gasteiger partial charge < -0.3 is 5.73 Å². The van der Waals surface area contributed by atoms with Crippen LogP contribution < -0.4 is 5.73 Å². The number of hydrogen-bond acceptors (Lipinski definition) is 1. The van der Waals surface area contributed by atoms with E-state index in [0.717, 1.165) is 10.0 Å². The molecule has 0 amide bonds. The van der Waals surface area contributed by atoms with Crippen LogP contribution in [0.4, 0.5) is 4.39 Å². The Hall–Kier alpha value is -1.19. The zero-order chi connectivity index (χ0) is 12.3. The van der Waals surface area contributed by atoms with Gasteiger partial charge in [-0.3, -0.25) is 0 Å². The summed E-state index contributed by atoms with van der Waals surface area (Å²) in [4.78, 5) is 0. The van der Waals surface area contributed by atoms with E-state index in [1.807, 2.05) is 30.3 Å². The molecule has 2 rings (SSSR count). The van der Waals surface area contributed by atoms with E-state index in [1.54, 1.807) is 12.1 Å². The first-order valence-electron chi connectivity index (χ1n) is 5.41. The molecule has 88 valence electrons. The van der Waals surface area contributed by atoms with Crippen LogP contribution in [0.5, 0.6) is 0 Å². The maximum Gasteiger partial charge on any atom is 0.126 e. The molecule has 1 unspecified atom stereocenters. The Balaban J connectivity index is 2.17. The minimum absolute atomic E-state index is 0.190. The lowest BCUT2D eigenvalue weighted by Gasteiger charge is -2.13. The molecule has 0 saturated carbocycles. The zero-order valence-electron chi connectivity index (χ0n) is 9.24. The maximum absolute atomic E-state index is 13.5. The second-order valence-electron chi connectivity index (χ2n) is 3.96. The first-order valence-corrected chi connectivity index (χ1v) is 6.20. The Kier molecular flexibility index (Phi) is 3.92. The van der Waals surface area contributed by atoms with Gasteiger partial charge in [0.25, 0.3) is 0 Å². The van der Waals surface area contributed by atoms with E-state index in [1.165, 1.54) is 6.07 Å². The monoisotopic (exact) mass is 293 g/mol. The van der Waals surface area contributed by atoms with E-state index in [-0.39, 0.29) is 11.9 Å². The standard InChI is InChI=1S/C14H13BrFN/c15-12-6-3-5-11(8-12)14(17)9-10-4-1-2-7-13(10)16/h1-8,14H,9,17H2. The Morgan fingerprint density at radius 3 is 2.59 bits per heavy atom. The lowest BCUT2D eigenvalue weighted by molar-refractivity contribution is 0.593. The number of hydrogen-bond donors (Lipinski definition) is 1. The van der Waals surface area contributed by atoms with Crippen LogP contribution >= 0.6 is 15.9 Å². The van der Waals surface area contributed by atoms with E-state index in [9.17, 15) is 4.39 Å². The normalized spacial score (nSPS) is 12.4. The van der Waals surface area contributed by atoms with Crippen LogP contribution in [0, 0.1) is 5.82 Å². The Morgan fingerprint density at radius 2 is 1.88 bits per heavy atom. The summed E-state index contributed by atoms with van der Waals surface area (Å²) in [5, 5.41) is 0. The smallest absolute Gasteiger partial charge is 0.126 e. The minimum Gasteiger partial charge on any atom is -0.324 e. The molecule has 0 saturated heterocycles. The average molecular weight is 294 g/mol. The van der Waals surface area contributed by atoms with E-state index in [2.05, 4.69) is 15.9 Å². The Morgan fingerprint density at radius 1 is 1.12 bits per heavy atom. The first kappa shape index (κ1) is 12.3. The molecule has 0 aromatic heterocycles. The molecule has 0 aliphatic rings. The zero-order valence-corrected chi connectivity index (χ0v) is 10.8. The number of halogens is 2. The van der Waals surface area contributed by atoms with Crippen molar-refractivity contribution in [3.8, 4) is 0 Å². The number of nitrogens with two attached hydrogens (primary N) is 1. The highest BCUT2D eigenvalue weighted by atomic mass is 79.9. The molecule has 0 fully saturated rings. The van der Waals surface area contributed by atoms with Crippen LogP contribution in [0.25, 0.3) is 0 Å². The molecule has 2 N–H and O–H groups in total. The topological polar surface area (TPSA) is 26.0 Å². The van der Waals surface area contributed by atoms with Crippen molar-refractivity contribution < 1.29 is 4.39 Å². The van der Waals surface area contributed by atoms with Crippen molar-refractivity contribution in [2.45, 2.75) is 12.5 Å². The highest BCUT2D eigenvalue weighted by Crippen LogP contribution is 2.20. The summed E-state index contributed by atoms with van der Waals surface area (Å²) < 4.78 is 14.5. The predicted molar refractivity (Wildman–Crippen MR) is 71.2 cm³/mol. The van der Waals surface area contributed by atoms with Gasteiger partial charge in [0.15, 0.2) is 0 Å². The quantitative estimate of drug-likeness (QED) is 0.914. The van der Waals surface area contributed by atoms with Gasteiger partial charge in [-0.2, -0.15) is 0 Å². The van der Waals surface area contributed by atoms with Crippen LogP contribution in [0.2, 0.25) is 0 Å². The van der Waals surface area contributed by atoms with Crippen LogP contribution in [-0.2, 0) is 6.42 Å². The fraction of sp³-hybridized carbons (Fsp3) is 0.143. The molecule has 0 aliphatic heterocycles. The fourth-order valence-electron chi connectivity index (χ4n) is 1.76. The predicted octanol–water partition coefficient (Wildman–Crippen LogP) is 3.83. The minimum atomic E-state index is -0.196. The van der Waals surface area contributed by atoms with Crippen molar-refractivity contribution in [2.24, 2.45) is 5.73 Å². The van der Waals surface area contributed by atoms with Gasteiger partial charge in [-0.15, -0.1) is 0 Å². The summed E-state index contributed by atoms with van der Waals surface area (Å²) in [5.41, 5.74) is 7.73. The molecular weight excluding hydrogens is 281 g/mol. The second-order valence-corrected chi connectivity index (χ2v) is 4.87. The molecule has 2 aromatic rings. The van der Waals surface area contributed by atoms with Crippen LogP contribution in [0.3, 0.4) is 0 Å². The van der Waals surface area contributed by atoms with Crippen molar-refractivity contribution in [2.75, 3.05) is 0 Å². The Bertz CT molecular complexity index is 513. The summed E-state index contributed by atoms with van der Waals surface area (Å²) >= 11 is 3.40. The molecule has 0 radical (unpaired) electrons. The van der Waals surface area contributed by atoms with Gasteiger partial charge in [0.1, 0.15) is 5.82 Å². The number of benzene rings is 2. The maximum atomic E-state index is 13.5. The van der Waals surface area contributed by atoms with Crippen LogP contribution in [-0.4, -0.2) is 0 Å². The Labute approximate surface area is 109 Å². The lowest BCUT2D eigenvalue weighted by atomic mass is 9.99. The molecule has 0 spiro atoms. The molecule has 1 atom stereocenters. The summed E-state index contributed by atoms with van der Waals surface area (Å²) in [7, 11) is 0. The molecular formula is C14H13BrFN. The van der Waals surface area contributed by atoms with Crippen LogP contribution in [0.15, 0.2) is 53.0 Å². The number of rotatable bonds is 3. The average Bonchev–Trinajstić information content (AvgIpc) is 2.32. The van der Waals surface area contributed by atoms with Crippen molar-refractivity contribution in [3.63, 3.8) is 0 Å². The highest BCUT2D eigenvalue weighted by molar-refractivity contribution is 9.10. The van der Waals surface area contributed by atoms with Gasteiger partial charge in [0.2, 0.25) is 0 Å². The molecule has 0 bridgehead atoms. The molecule has 17 heavy (non-hydrogen) atoms. The third-order valence-corrected chi connectivity index (χ3v) is 3.17. The summed E-state index contributed by atoms with van der Waals surface area (Å²) in [6, 6.07) is 14.3. The molecule has 2 aromatic carbocycles. The third-order valence-electron chi connectivity index (χ3n) is 2.67. The van der Waals surface area contributed by atoms with E-state index >= 15 is 0 Å². The van der Waals surface area contributed by atoms with Gasteiger partial charge in [0, 0.05) is 10.5 Å². The highest BCUT2D eigenvalue weighted by Gasteiger charge is 2.10. The largest absolute Gasteiger partial charge is 0.324 e. The van der Waals surface area contributed by atoms with Crippen molar-refractivity contribution in [1.29, 1.82) is 0 Å². The van der Waals surface area contributed by atoms with E-state index in [4.69, 9.17) is 5.73 Å². The van der Waals surface area contributed by atoms with Gasteiger partial charge >= 0.3 is 0 Å². The van der Waals surface area contributed by atoms with Crippen molar-refractivity contribution in [1.82, 2.24) is 0 Å².